The summed E-state index contributed by atoms with van der Waals surface area (Å²) >= 11 is 6.32. The first-order chi connectivity index (χ1) is 12.0. The molecule has 3 rings (SSSR count). The zero-order valence-corrected chi connectivity index (χ0v) is 14.5. The first kappa shape index (κ1) is 16.9. The quantitative estimate of drug-likeness (QED) is 0.724. The fraction of sp³-hybridized carbons (Fsp3) is 0.105. The molecule has 1 N–H and O–H groups in total. The van der Waals surface area contributed by atoms with Crippen LogP contribution in [-0.4, -0.2) is 19.6 Å². The van der Waals surface area contributed by atoms with Crippen molar-refractivity contribution in [2.24, 2.45) is 0 Å². The smallest absolute Gasteiger partial charge is 0.258 e. The molecule has 0 aliphatic carbocycles. The lowest BCUT2D eigenvalue weighted by molar-refractivity contribution is 0.515. The Hall–Kier alpha value is -2.92. The van der Waals surface area contributed by atoms with Crippen LogP contribution >= 0.6 is 11.6 Å². The van der Waals surface area contributed by atoms with Crippen molar-refractivity contribution in [3.63, 3.8) is 0 Å². The maximum absolute atomic E-state index is 12.6. The van der Waals surface area contributed by atoms with Crippen LogP contribution < -0.4 is 5.56 Å². The third kappa shape index (κ3) is 3.46. The van der Waals surface area contributed by atoms with E-state index in [1.807, 2.05) is 19.1 Å². The molecule has 0 atom stereocenters. The van der Waals surface area contributed by atoms with Gasteiger partial charge in [0.25, 0.3) is 5.56 Å². The number of hydrogen-bond acceptors (Lipinski definition) is 4. The molecule has 6 heteroatoms. The molecule has 0 saturated heterocycles. The molecular formula is C19H16ClN3O2. The average Bonchev–Trinajstić information content (AvgIpc) is 2.57. The zero-order valence-electron chi connectivity index (χ0n) is 13.8. The number of para-hydroxylation sites is 1. The van der Waals surface area contributed by atoms with Crippen LogP contribution in [-0.2, 0) is 0 Å². The second-order valence-corrected chi connectivity index (χ2v) is 6.01. The molecule has 3 aromatic rings. The molecule has 0 saturated carbocycles. The Kier molecular flexibility index (Phi) is 4.67. The number of nitrogens with zero attached hydrogens (tertiary/aromatic N) is 3. The normalized spacial score (nSPS) is 11.6. The molecule has 0 fully saturated rings. The molecule has 0 bridgehead atoms. The minimum absolute atomic E-state index is 0.0154. The lowest BCUT2D eigenvalue weighted by Crippen LogP contribution is -2.23. The van der Waals surface area contributed by atoms with Gasteiger partial charge >= 0.3 is 0 Å². The maximum Gasteiger partial charge on any atom is 0.258 e. The maximum atomic E-state index is 12.6. The highest BCUT2D eigenvalue weighted by molar-refractivity contribution is 6.32. The Morgan fingerprint density at radius 2 is 1.92 bits per heavy atom. The molecule has 126 valence electrons. The van der Waals surface area contributed by atoms with E-state index in [-0.39, 0.29) is 11.3 Å². The second kappa shape index (κ2) is 6.91. The van der Waals surface area contributed by atoms with Crippen molar-refractivity contribution in [3.05, 3.63) is 86.8 Å². The van der Waals surface area contributed by atoms with E-state index >= 15 is 0 Å². The van der Waals surface area contributed by atoms with Crippen LogP contribution in [0.4, 0.5) is 0 Å². The third-order valence-corrected chi connectivity index (χ3v) is 4.03. The van der Waals surface area contributed by atoms with Gasteiger partial charge in [-0.1, -0.05) is 23.7 Å². The number of aryl methyl sites for hydroxylation is 2. The van der Waals surface area contributed by atoms with Gasteiger partial charge in [-0.3, -0.25) is 14.3 Å². The summed E-state index contributed by atoms with van der Waals surface area (Å²) in [5.74, 6) is 0.286. The van der Waals surface area contributed by atoms with E-state index in [1.165, 1.54) is 16.7 Å². The van der Waals surface area contributed by atoms with Crippen LogP contribution in [0.5, 0.6) is 0 Å². The molecule has 2 heterocycles. The van der Waals surface area contributed by atoms with Gasteiger partial charge in [-0.2, -0.15) is 0 Å². The standard InChI is InChI=1S/C19H16ClN3O2/c1-12-4-3-5-15(20)19(12)23-17(22-13(2)10-18(23)25)11-16(24)14-6-8-21-9-7-14/h3-11,24H,1-2H3. The number of hydrogen-bond donors (Lipinski definition) is 1. The van der Waals surface area contributed by atoms with E-state index in [2.05, 4.69) is 9.97 Å². The van der Waals surface area contributed by atoms with Gasteiger partial charge in [-0.25, -0.2) is 4.98 Å². The summed E-state index contributed by atoms with van der Waals surface area (Å²) in [6.45, 7) is 3.59. The molecule has 0 amide bonds. The van der Waals surface area contributed by atoms with Crippen molar-refractivity contribution >= 4 is 23.4 Å². The van der Waals surface area contributed by atoms with E-state index in [4.69, 9.17) is 11.6 Å². The predicted octanol–water partition coefficient (Wildman–Crippen LogP) is 3.95. The van der Waals surface area contributed by atoms with Crippen LogP contribution in [0.25, 0.3) is 17.5 Å². The Morgan fingerprint density at radius 1 is 1.20 bits per heavy atom. The minimum Gasteiger partial charge on any atom is -0.507 e. The van der Waals surface area contributed by atoms with E-state index in [0.717, 1.165) is 5.56 Å². The summed E-state index contributed by atoms with van der Waals surface area (Å²) in [5.41, 5.74) is 2.25. The highest BCUT2D eigenvalue weighted by atomic mass is 35.5. The van der Waals surface area contributed by atoms with Crippen molar-refractivity contribution in [1.82, 2.24) is 14.5 Å². The van der Waals surface area contributed by atoms with Gasteiger partial charge in [0.2, 0.25) is 0 Å². The highest BCUT2D eigenvalue weighted by Gasteiger charge is 2.14. The van der Waals surface area contributed by atoms with E-state index in [0.29, 0.717) is 27.8 Å². The van der Waals surface area contributed by atoms with Gasteiger partial charge in [0.15, 0.2) is 0 Å². The van der Waals surface area contributed by atoms with Crippen LogP contribution in [0, 0.1) is 13.8 Å². The number of rotatable bonds is 3. The lowest BCUT2D eigenvalue weighted by atomic mass is 10.1. The summed E-state index contributed by atoms with van der Waals surface area (Å²) in [5, 5.41) is 10.8. The van der Waals surface area contributed by atoms with Crippen molar-refractivity contribution in [2.45, 2.75) is 13.8 Å². The van der Waals surface area contributed by atoms with Gasteiger partial charge < -0.3 is 5.11 Å². The van der Waals surface area contributed by atoms with Crippen LogP contribution in [0.2, 0.25) is 5.02 Å². The zero-order chi connectivity index (χ0) is 18.0. The van der Waals surface area contributed by atoms with Crippen molar-refractivity contribution in [3.8, 4) is 5.69 Å². The Bertz CT molecular complexity index is 991. The molecule has 0 spiro atoms. The van der Waals surface area contributed by atoms with Crippen molar-refractivity contribution < 1.29 is 5.11 Å². The summed E-state index contributed by atoms with van der Waals surface area (Å²) in [4.78, 5) is 21.0. The fourth-order valence-electron chi connectivity index (χ4n) is 2.58. The van der Waals surface area contributed by atoms with Gasteiger partial charge in [0.05, 0.1) is 10.7 Å². The molecule has 0 aliphatic rings. The Labute approximate surface area is 149 Å². The summed E-state index contributed by atoms with van der Waals surface area (Å²) in [6.07, 6.45) is 4.61. The summed E-state index contributed by atoms with van der Waals surface area (Å²) in [6, 6.07) is 10.2. The number of benzene rings is 1. The fourth-order valence-corrected chi connectivity index (χ4v) is 2.88. The van der Waals surface area contributed by atoms with Gasteiger partial charge in [-0.05, 0) is 37.6 Å². The topological polar surface area (TPSA) is 68.0 Å². The Morgan fingerprint density at radius 3 is 2.60 bits per heavy atom. The molecule has 0 unspecified atom stereocenters. The summed E-state index contributed by atoms with van der Waals surface area (Å²) in [7, 11) is 0. The molecule has 0 radical (unpaired) electrons. The van der Waals surface area contributed by atoms with Crippen LogP contribution in [0.3, 0.4) is 0 Å². The number of halogens is 1. The van der Waals surface area contributed by atoms with Crippen molar-refractivity contribution in [2.75, 3.05) is 0 Å². The second-order valence-electron chi connectivity index (χ2n) is 5.60. The van der Waals surface area contributed by atoms with Gasteiger partial charge in [-0.15, -0.1) is 0 Å². The average molecular weight is 354 g/mol. The van der Waals surface area contributed by atoms with E-state index in [9.17, 15) is 9.90 Å². The molecule has 2 aromatic heterocycles. The van der Waals surface area contributed by atoms with Crippen molar-refractivity contribution in [1.29, 1.82) is 0 Å². The third-order valence-electron chi connectivity index (χ3n) is 3.73. The van der Waals surface area contributed by atoms with E-state index < -0.39 is 0 Å². The summed E-state index contributed by atoms with van der Waals surface area (Å²) < 4.78 is 1.40. The monoisotopic (exact) mass is 353 g/mol. The van der Waals surface area contributed by atoms with Gasteiger partial charge in [0.1, 0.15) is 11.6 Å². The lowest BCUT2D eigenvalue weighted by Gasteiger charge is -2.14. The molecule has 5 nitrogen and oxygen atoms in total. The first-order valence-corrected chi connectivity index (χ1v) is 8.02. The SMILES string of the molecule is Cc1cc(=O)n(-c2c(C)cccc2Cl)c(C=C(O)c2ccncc2)n1. The van der Waals surface area contributed by atoms with Crippen LogP contribution in [0.15, 0.2) is 53.6 Å². The first-order valence-electron chi connectivity index (χ1n) is 7.64. The molecule has 0 aliphatic heterocycles. The minimum atomic E-state index is -0.266. The van der Waals surface area contributed by atoms with Crippen LogP contribution in [0.1, 0.15) is 22.6 Å². The van der Waals surface area contributed by atoms with Gasteiger partial charge in [0, 0.05) is 35.8 Å². The molecule has 1 aromatic carbocycles. The largest absolute Gasteiger partial charge is 0.507 e. The number of aliphatic hydroxyl groups excluding tert-OH is 1. The number of aliphatic hydroxyl groups is 1. The predicted molar refractivity (Wildman–Crippen MR) is 99.1 cm³/mol. The number of aromatic nitrogens is 3. The highest BCUT2D eigenvalue weighted by Crippen LogP contribution is 2.25. The van der Waals surface area contributed by atoms with E-state index in [1.54, 1.807) is 37.5 Å². The number of pyridine rings is 1. The molecule has 25 heavy (non-hydrogen) atoms. The molecular weight excluding hydrogens is 338 g/mol. The Balaban J connectivity index is 2.26.